The van der Waals surface area contributed by atoms with Gasteiger partial charge in [0.15, 0.2) is 0 Å². The van der Waals surface area contributed by atoms with Gasteiger partial charge in [-0.15, -0.1) is 0 Å². The fourth-order valence-electron chi connectivity index (χ4n) is 1.74. The van der Waals surface area contributed by atoms with Gasteiger partial charge in [0.05, 0.1) is 24.5 Å². The van der Waals surface area contributed by atoms with Gasteiger partial charge < -0.3 is 15.7 Å². The second kappa shape index (κ2) is 6.64. The third-order valence-corrected chi connectivity index (χ3v) is 2.79. The first-order valence-electron chi connectivity index (χ1n) is 5.71. The highest BCUT2D eigenvalue weighted by molar-refractivity contribution is 5.10. The molecule has 3 N–H and O–H groups in total. The second-order valence-electron chi connectivity index (χ2n) is 4.39. The first-order chi connectivity index (χ1) is 8.04. The van der Waals surface area contributed by atoms with Crippen LogP contribution in [-0.4, -0.2) is 41.7 Å². The monoisotopic (exact) mass is 241 g/mol. The quantitative estimate of drug-likeness (QED) is 0.772. The normalized spacial score (nSPS) is 14.9. The lowest BCUT2D eigenvalue weighted by atomic mass is 9.99. The Balaban J connectivity index is 2.56. The summed E-state index contributed by atoms with van der Waals surface area (Å²) in [7, 11) is 1.93. The van der Waals surface area contributed by atoms with Gasteiger partial charge in [-0.2, -0.15) is 0 Å². The molecule has 5 heteroatoms. The number of pyridine rings is 1. The first-order valence-corrected chi connectivity index (χ1v) is 5.71. The van der Waals surface area contributed by atoms with Crippen molar-refractivity contribution >= 4 is 0 Å². The molecule has 0 fully saturated rings. The minimum Gasteiger partial charge on any atom is -0.395 e. The predicted molar refractivity (Wildman–Crippen MR) is 64.9 cm³/mol. The van der Waals surface area contributed by atoms with Gasteiger partial charge in [0.25, 0.3) is 0 Å². The van der Waals surface area contributed by atoms with Gasteiger partial charge in [0.2, 0.25) is 0 Å². The van der Waals surface area contributed by atoms with Crippen LogP contribution in [0.15, 0.2) is 18.3 Å². The number of halogens is 1. The summed E-state index contributed by atoms with van der Waals surface area (Å²) >= 11 is 0. The van der Waals surface area contributed by atoms with Crippen LogP contribution in [0.5, 0.6) is 0 Å². The maximum Gasteiger partial charge on any atom is 0.141 e. The van der Waals surface area contributed by atoms with E-state index in [0.29, 0.717) is 12.2 Å². The summed E-state index contributed by atoms with van der Waals surface area (Å²) in [5, 5.41) is 8.81. The highest BCUT2D eigenvalue weighted by Crippen LogP contribution is 2.18. The summed E-state index contributed by atoms with van der Waals surface area (Å²) in [5.41, 5.74) is 6.75. The van der Waals surface area contributed by atoms with Crippen LogP contribution in [0.4, 0.5) is 4.39 Å². The lowest BCUT2D eigenvalue weighted by molar-refractivity contribution is 0.197. The van der Waals surface area contributed by atoms with Gasteiger partial charge in [0.1, 0.15) is 5.82 Å². The van der Waals surface area contributed by atoms with Crippen LogP contribution in [-0.2, 0) is 0 Å². The van der Waals surface area contributed by atoms with Crippen molar-refractivity contribution in [1.82, 2.24) is 9.88 Å². The molecule has 96 valence electrons. The van der Waals surface area contributed by atoms with Crippen molar-refractivity contribution in [2.24, 2.45) is 11.7 Å². The Labute approximate surface area is 101 Å². The molecular weight excluding hydrogens is 221 g/mol. The van der Waals surface area contributed by atoms with Crippen molar-refractivity contribution in [3.05, 3.63) is 29.8 Å². The maximum absolute atomic E-state index is 12.7. The number of hydrogen-bond donors (Lipinski definition) is 2. The Kier molecular flexibility index (Phi) is 5.47. The molecule has 0 radical (unpaired) electrons. The minimum atomic E-state index is -0.356. The molecule has 2 atom stereocenters. The third-order valence-electron chi connectivity index (χ3n) is 2.79. The molecule has 1 heterocycles. The summed E-state index contributed by atoms with van der Waals surface area (Å²) in [6.07, 6.45) is 1.18. The third kappa shape index (κ3) is 4.38. The number of likely N-dealkylation sites (N-methyl/N-ethyl adjacent to an activating group) is 1. The van der Waals surface area contributed by atoms with Crippen LogP contribution in [0, 0.1) is 11.7 Å². The van der Waals surface area contributed by atoms with Crippen molar-refractivity contribution in [3.63, 3.8) is 0 Å². The molecule has 0 saturated carbocycles. The molecule has 1 aromatic rings. The first kappa shape index (κ1) is 14.0. The predicted octanol–water partition coefficient (Wildman–Crippen LogP) is 0.781. The molecular formula is C12H20FN3O. The average molecular weight is 241 g/mol. The SMILES string of the molecule is CC(CN(C)CCO)C(N)c1ccc(F)cn1. The summed E-state index contributed by atoms with van der Waals surface area (Å²) < 4.78 is 12.7. The number of nitrogens with zero attached hydrogens (tertiary/aromatic N) is 2. The van der Waals surface area contributed by atoms with E-state index in [9.17, 15) is 4.39 Å². The largest absolute Gasteiger partial charge is 0.395 e. The zero-order valence-corrected chi connectivity index (χ0v) is 10.3. The number of rotatable bonds is 6. The van der Waals surface area contributed by atoms with Gasteiger partial charge >= 0.3 is 0 Å². The Bertz CT molecular complexity index is 331. The molecule has 4 nitrogen and oxygen atoms in total. The summed E-state index contributed by atoms with van der Waals surface area (Å²) in [6, 6.07) is 2.76. The fraction of sp³-hybridized carbons (Fsp3) is 0.583. The molecule has 0 aliphatic heterocycles. The van der Waals surface area contributed by atoms with Gasteiger partial charge in [-0.05, 0) is 25.1 Å². The molecule has 0 amide bonds. The summed E-state index contributed by atoms with van der Waals surface area (Å²) in [5.74, 6) is -0.171. The molecule has 0 spiro atoms. The number of nitrogens with two attached hydrogens (primary N) is 1. The zero-order chi connectivity index (χ0) is 12.8. The van der Waals surface area contributed by atoms with Crippen molar-refractivity contribution in [2.45, 2.75) is 13.0 Å². The lowest BCUT2D eigenvalue weighted by Crippen LogP contribution is -2.33. The Morgan fingerprint density at radius 1 is 1.53 bits per heavy atom. The fourth-order valence-corrected chi connectivity index (χ4v) is 1.74. The van der Waals surface area contributed by atoms with Gasteiger partial charge in [0, 0.05) is 13.1 Å². The van der Waals surface area contributed by atoms with Crippen LogP contribution >= 0.6 is 0 Å². The van der Waals surface area contributed by atoms with Crippen LogP contribution in [0.3, 0.4) is 0 Å². The number of aliphatic hydroxyl groups is 1. The van der Waals surface area contributed by atoms with E-state index < -0.39 is 0 Å². The average Bonchev–Trinajstić information content (AvgIpc) is 2.29. The van der Waals surface area contributed by atoms with E-state index in [-0.39, 0.29) is 24.4 Å². The molecule has 0 saturated heterocycles. The number of hydrogen-bond acceptors (Lipinski definition) is 4. The second-order valence-corrected chi connectivity index (χ2v) is 4.39. The van der Waals surface area contributed by atoms with Crippen molar-refractivity contribution < 1.29 is 9.50 Å². The van der Waals surface area contributed by atoms with E-state index in [2.05, 4.69) is 4.98 Å². The van der Waals surface area contributed by atoms with Gasteiger partial charge in [-0.25, -0.2) is 4.39 Å². The molecule has 0 aliphatic rings. The van der Waals surface area contributed by atoms with Gasteiger partial charge in [-0.3, -0.25) is 4.98 Å². The van der Waals surface area contributed by atoms with Gasteiger partial charge in [-0.1, -0.05) is 6.92 Å². The van der Waals surface area contributed by atoms with Crippen LogP contribution in [0.1, 0.15) is 18.7 Å². The standard InChI is InChI=1S/C12H20FN3O/c1-9(8-16(2)5-6-17)12(14)11-4-3-10(13)7-15-11/h3-4,7,9,12,17H,5-6,8,14H2,1-2H3. The van der Waals surface area contributed by atoms with E-state index in [4.69, 9.17) is 10.8 Å². The van der Waals surface area contributed by atoms with Crippen molar-refractivity contribution in [2.75, 3.05) is 26.7 Å². The Morgan fingerprint density at radius 2 is 2.24 bits per heavy atom. The van der Waals surface area contributed by atoms with E-state index in [1.54, 1.807) is 6.07 Å². The molecule has 2 unspecified atom stereocenters. The maximum atomic E-state index is 12.7. The zero-order valence-electron chi connectivity index (χ0n) is 10.3. The van der Waals surface area contributed by atoms with Crippen LogP contribution in [0.25, 0.3) is 0 Å². The van der Waals surface area contributed by atoms with Crippen LogP contribution < -0.4 is 5.73 Å². The van der Waals surface area contributed by atoms with E-state index in [1.807, 2.05) is 18.9 Å². The topological polar surface area (TPSA) is 62.4 Å². The summed E-state index contributed by atoms with van der Waals surface area (Å²) in [4.78, 5) is 5.99. The van der Waals surface area contributed by atoms with E-state index >= 15 is 0 Å². The molecule has 1 aromatic heterocycles. The van der Waals surface area contributed by atoms with E-state index in [1.165, 1.54) is 12.3 Å². The molecule has 17 heavy (non-hydrogen) atoms. The van der Waals surface area contributed by atoms with Crippen molar-refractivity contribution in [3.8, 4) is 0 Å². The van der Waals surface area contributed by atoms with Crippen LogP contribution in [0.2, 0.25) is 0 Å². The summed E-state index contributed by atoms with van der Waals surface area (Å²) in [6.45, 7) is 3.53. The molecule has 0 aliphatic carbocycles. The van der Waals surface area contributed by atoms with E-state index in [0.717, 1.165) is 6.54 Å². The highest BCUT2D eigenvalue weighted by Gasteiger charge is 2.17. The Hall–Kier alpha value is -1.04. The number of aromatic nitrogens is 1. The molecule has 1 rings (SSSR count). The Morgan fingerprint density at radius 3 is 2.76 bits per heavy atom. The molecule has 0 aromatic carbocycles. The smallest absolute Gasteiger partial charge is 0.141 e. The van der Waals surface area contributed by atoms with Crippen molar-refractivity contribution in [1.29, 1.82) is 0 Å². The molecule has 0 bridgehead atoms. The lowest BCUT2D eigenvalue weighted by Gasteiger charge is -2.24. The minimum absolute atomic E-state index is 0.132. The highest BCUT2D eigenvalue weighted by atomic mass is 19.1. The number of aliphatic hydroxyl groups excluding tert-OH is 1.